The van der Waals surface area contributed by atoms with Gasteiger partial charge in [-0.25, -0.2) is 4.98 Å². The quantitative estimate of drug-likeness (QED) is 0.112. The summed E-state index contributed by atoms with van der Waals surface area (Å²) in [5.41, 5.74) is 18.2. The van der Waals surface area contributed by atoms with Gasteiger partial charge in [-0.1, -0.05) is 18.2 Å². The maximum absolute atomic E-state index is 13.1. The molecule has 1 saturated heterocycles. The van der Waals surface area contributed by atoms with Crippen molar-refractivity contribution in [2.45, 2.75) is 56.1 Å². The van der Waals surface area contributed by atoms with E-state index in [1.54, 1.807) is 32.3 Å². The second kappa shape index (κ2) is 13.4. The highest BCUT2D eigenvalue weighted by Gasteiger charge is 2.42. The second-order valence-electron chi connectivity index (χ2n) is 14.4. The average molecular weight is 699 g/mol. The molecule has 0 bridgehead atoms. The molecule has 2 saturated carbocycles. The van der Waals surface area contributed by atoms with Crippen LogP contribution in [0.3, 0.4) is 0 Å². The predicted octanol–water partition coefficient (Wildman–Crippen LogP) is 1.35. The summed E-state index contributed by atoms with van der Waals surface area (Å²) < 4.78 is 2.04. The topological polar surface area (TPSA) is 180 Å². The van der Waals surface area contributed by atoms with Crippen LogP contribution in [-0.2, 0) is 14.9 Å². The summed E-state index contributed by atoms with van der Waals surface area (Å²) in [6.07, 6.45) is 6.85. The van der Waals surface area contributed by atoms with Crippen molar-refractivity contribution in [3.63, 3.8) is 0 Å². The zero-order valence-corrected chi connectivity index (χ0v) is 29.9. The van der Waals surface area contributed by atoms with Crippen molar-refractivity contribution in [1.82, 2.24) is 35.2 Å². The third kappa shape index (κ3) is 6.62. The Hall–Kier alpha value is -5.24. The number of aromatic nitrogens is 3. The van der Waals surface area contributed by atoms with Crippen molar-refractivity contribution >= 4 is 44.8 Å². The fourth-order valence-electron chi connectivity index (χ4n) is 6.71. The minimum absolute atomic E-state index is 0.00111. The van der Waals surface area contributed by atoms with Gasteiger partial charge in [-0.3, -0.25) is 19.1 Å². The van der Waals surface area contributed by atoms with Gasteiger partial charge < -0.3 is 42.1 Å². The molecule has 3 amide bonds. The van der Waals surface area contributed by atoms with Crippen molar-refractivity contribution in [3.05, 3.63) is 83.0 Å². The number of allylic oxidation sites excluding steroid dienone is 1. The Labute approximate surface area is 305 Å². The van der Waals surface area contributed by atoms with E-state index in [-0.39, 0.29) is 58.8 Å². The van der Waals surface area contributed by atoms with Crippen molar-refractivity contribution < 1.29 is 14.4 Å². The molecule has 4 heterocycles. The van der Waals surface area contributed by atoms with Crippen LogP contribution >= 0.6 is 0 Å². The molecule has 4 aliphatic rings. The number of pyridine rings is 1. The Kier molecular flexibility index (Phi) is 9.05. The minimum Gasteiger partial charge on any atom is -0.393 e. The smallest absolute Gasteiger partial charge is 0.271 e. The van der Waals surface area contributed by atoms with E-state index < -0.39 is 11.2 Å². The van der Waals surface area contributed by atoms with Gasteiger partial charge in [-0.2, -0.15) is 5.10 Å². The van der Waals surface area contributed by atoms with Crippen molar-refractivity contribution in [1.29, 1.82) is 0 Å². The molecule has 0 spiro atoms. The van der Waals surface area contributed by atoms with Crippen LogP contribution in [0.5, 0.6) is 0 Å². The number of nitrogens with zero attached hydrogens (tertiary/aromatic N) is 6. The summed E-state index contributed by atoms with van der Waals surface area (Å²) in [6, 6.07) is 11.0. The highest BCUT2D eigenvalue weighted by Crippen LogP contribution is 2.49. The number of carbonyl (C=O) groups is 3. The molecule has 2 aliphatic heterocycles. The first-order chi connectivity index (χ1) is 24.7. The van der Waals surface area contributed by atoms with Gasteiger partial charge in [-0.15, -0.1) is 0 Å². The SMILES string of the molecule is [B]C([B])(c1cccc(C(=O)N(C)C)n1)N1CC(n2ncc3c2C(C)N(C)c2c(NC(/C=C(\N)NC(=O)C4CC4)=C(/N)C(=O)NC4CC4)cccc2-3)C1. The number of amides is 3. The van der Waals surface area contributed by atoms with E-state index in [2.05, 4.69) is 32.8 Å². The number of carbonyl (C=O) groups excluding carboxylic acids is 3. The minimum atomic E-state index is -1.39. The summed E-state index contributed by atoms with van der Waals surface area (Å²) in [6.45, 7) is 3.17. The zero-order valence-electron chi connectivity index (χ0n) is 29.9. The summed E-state index contributed by atoms with van der Waals surface area (Å²) in [4.78, 5) is 48.1. The lowest BCUT2D eigenvalue weighted by Crippen LogP contribution is -2.60. The van der Waals surface area contributed by atoms with Gasteiger partial charge in [0.25, 0.3) is 11.8 Å². The highest BCUT2D eigenvalue weighted by atomic mass is 16.2. The molecule has 3 fully saturated rings. The first kappa shape index (κ1) is 35.2. The summed E-state index contributed by atoms with van der Waals surface area (Å²) in [5, 5.41) is 12.5. The molecule has 7 rings (SSSR count). The van der Waals surface area contributed by atoms with Gasteiger partial charge in [0, 0.05) is 69.1 Å². The number of nitrogens with one attached hydrogen (secondary N) is 3. The standard InChI is InChI=1S/C36H43B2N11O3/c1-19-31-24(16-41-49(31)22-17-48(18-22)36(37,38)28-10-6-9-26(44-28)35(52)46(2)3)23-7-5-8-25(32(23)47(19)4)43-27(30(40)34(51)42-21-13-14-21)15-29(39)45-33(50)20-11-12-20/h5-10,15-16,19-22,43H,11-14,17-18,39-40H2,1-4H3,(H,42,51)(H,45,50)/b29-15+,30-27+. The number of benzene rings is 1. The van der Waals surface area contributed by atoms with Crippen LogP contribution in [-0.4, -0.2) is 98.3 Å². The number of hydrogen-bond acceptors (Lipinski definition) is 10. The van der Waals surface area contributed by atoms with Crippen LogP contribution in [0.4, 0.5) is 11.4 Å². The monoisotopic (exact) mass is 699 g/mol. The molecule has 1 atom stereocenters. The summed E-state index contributed by atoms with van der Waals surface area (Å²) in [7, 11) is 18.6. The fraction of sp³-hybridized carbons (Fsp3) is 0.417. The lowest BCUT2D eigenvalue weighted by Gasteiger charge is -2.50. The van der Waals surface area contributed by atoms with Crippen LogP contribution in [0.25, 0.3) is 11.1 Å². The van der Waals surface area contributed by atoms with Gasteiger partial charge in [0.15, 0.2) is 0 Å². The van der Waals surface area contributed by atoms with E-state index in [9.17, 15) is 14.4 Å². The summed E-state index contributed by atoms with van der Waals surface area (Å²) >= 11 is 0. The van der Waals surface area contributed by atoms with Gasteiger partial charge in [0.2, 0.25) is 5.91 Å². The third-order valence-electron chi connectivity index (χ3n) is 10.2. The van der Waals surface area contributed by atoms with E-state index in [0.717, 1.165) is 48.2 Å². The number of likely N-dealkylation sites (tertiary alicyclic amines) is 1. The van der Waals surface area contributed by atoms with Crippen molar-refractivity contribution in [2.24, 2.45) is 17.4 Å². The van der Waals surface area contributed by atoms with Gasteiger partial charge in [0.05, 0.1) is 56.7 Å². The number of nitrogens with two attached hydrogens (primary N) is 2. The summed E-state index contributed by atoms with van der Waals surface area (Å²) in [5.74, 6) is -0.733. The second-order valence-corrected chi connectivity index (χ2v) is 14.4. The molecule has 266 valence electrons. The maximum Gasteiger partial charge on any atom is 0.271 e. The molecular formula is C36H43B2N11O3. The fourth-order valence-corrected chi connectivity index (χ4v) is 6.71. The Balaban J connectivity index is 1.15. The molecular weight excluding hydrogens is 656 g/mol. The number of anilines is 2. The van der Waals surface area contributed by atoms with E-state index in [4.69, 9.17) is 32.3 Å². The normalized spacial score (nSPS) is 19.5. The molecule has 2 aliphatic carbocycles. The Morgan fingerprint density at radius 1 is 1.02 bits per heavy atom. The van der Waals surface area contributed by atoms with Crippen LogP contribution in [0, 0.1) is 5.92 Å². The van der Waals surface area contributed by atoms with Crippen LogP contribution in [0.1, 0.15) is 66.6 Å². The van der Waals surface area contributed by atoms with Gasteiger partial charge >= 0.3 is 0 Å². The molecule has 52 heavy (non-hydrogen) atoms. The lowest BCUT2D eigenvalue weighted by atomic mass is 9.57. The predicted molar refractivity (Wildman–Crippen MR) is 200 cm³/mol. The first-order valence-electron chi connectivity index (χ1n) is 17.6. The van der Waals surface area contributed by atoms with Gasteiger partial charge in [-0.05, 0) is 56.1 Å². The molecule has 3 aromatic rings. The third-order valence-corrected chi connectivity index (χ3v) is 10.2. The molecule has 7 N–H and O–H groups in total. The van der Waals surface area contributed by atoms with Crippen LogP contribution < -0.4 is 32.3 Å². The van der Waals surface area contributed by atoms with E-state index >= 15 is 0 Å². The molecule has 1 unspecified atom stereocenters. The number of para-hydroxylation sites is 1. The largest absolute Gasteiger partial charge is 0.393 e. The molecule has 4 radical (unpaired) electrons. The van der Waals surface area contributed by atoms with E-state index in [0.29, 0.717) is 24.5 Å². The van der Waals surface area contributed by atoms with E-state index in [1.165, 1.54) is 11.0 Å². The van der Waals surface area contributed by atoms with Gasteiger partial charge in [0.1, 0.15) is 17.2 Å². The molecule has 1 aromatic carbocycles. The molecule has 2 aromatic heterocycles. The van der Waals surface area contributed by atoms with Crippen molar-refractivity contribution in [2.75, 3.05) is 44.4 Å². The Morgan fingerprint density at radius 3 is 2.40 bits per heavy atom. The molecule has 16 heteroatoms. The maximum atomic E-state index is 13.1. The average Bonchev–Trinajstić information content (AvgIpc) is 4.04. The number of fused-ring (bicyclic) bond motifs is 3. The number of hydrogen-bond donors (Lipinski definition) is 5. The molecule has 14 nitrogen and oxygen atoms in total. The lowest BCUT2D eigenvalue weighted by molar-refractivity contribution is -0.121. The van der Waals surface area contributed by atoms with E-state index in [1.807, 2.05) is 41.0 Å². The Morgan fingerprint density at radius 2 is 1.73 bits per heavy atom. The van der Waals surface area contributed by atoms with Crippen LogP contribution in [0.2, 0.25) is 0 Å². The Bertz CT molecular complexity index is 1990. The van der Waals surface area contributed by atoms with Crippen LogP contribution in [0.15, 0.2) is 65.9 Å². The highest BCUT2D eigenvalue weighted by molar-refractivity contribution is 6.39. The van der Waals surface area contributed by atoms with Crippen molar-refractivity contribution in [3.8, 4) is 11.1 Å². The number of rotatable bonds is 11. The zero-order chi connectivity index (χ0) is 37.1. The first-order valence-corrected chi connectivity index (χ1v) is 17.6.